The maximum absolute atomic E-state index is 12.8. The van der Waals surface area contributed by atoms with Crippen LogP contribution in [0.15, 0.2) is 18.2 Å². The quantitative estimate of drug-likeness (QED) is 0.673. The second-order valence-electron chi connectivity index (χ2n) is 8.51. The predicted octanol–water partition coefficient (Wildman–Crippen LogP) is 3.78. The fourth-order valence-electron chi connectivity index (χ4n) is 3.35. The molecule has 1 aromatic rings. The number of benzene rings is 1. The van der Waals surface area contributed by atoms with Gasteiger partial charge < -0.3 is 15.5 Å². The van der Waals surface area contributed by atoms with Crippen LogP contribution in [0.1, 0.15) is 63.2 Å². The number of carbonyl (C=O) groups is 3. The molecule has 2 rings (SSSR count). The largest absolute Gasteiger partial charge is 0.376 e. The first-order valence-electron chi connectivity index (χ1n) is 9.99. The Kier molecular flexibility index (Phi) is 7.90. The summed E-state index contributed by atoms with van der Waals surface area (Å²) in [5.74, 6) is -0.565. The molecule has 3 N–H and O–H groups in total. The van der Waals surface area contributed by atoms with E-state index in [1.54, 1.807) is 23.1 Å². The molecule has 29 heavy (non-hydrogen) atoms. The number of nitrogens with zero attached hydrogens (tertiary/aromatic N) is 1. The van der Waals surface area contributed by atoms with Crippen molar-refractivity contribution in [3.8, 4) is 0 Å². The number of urea groups is 1. The molecular weight excluding hydrogens is 392 g/mol. The molecule has 0 heterocycles. The van der Waals surface area contributed by atoms with Crippen LogP contribution in [0.4, 0.5) is 10.5 Å². The molecule has 0 unspecified atom stereocenters. The van der Waals surface area contributed by atoms with E-state index in [4.69, 9.17) is 11.6 Å². The summed E-state index contributed by atoms with van der Waals surface area (Å²) < 4.78 is 0. The van der Waals surface area contributed by atoms with Crippen molar-refractivity contribution in [2.24, 2.45) is 0 Å². The predicted molar refractivity (Wildman–Crippen MR) is 115 cm³/mol. The lowest BCUT2D eigenvalue weighted by Gasteiger charge is -2.31. The van der Waals surface area contributed by atoms with Crippen molar-refractivity contribution < 1.29 is 14.4 Å². The van der Waals surface area contributed by atoms with E-state index in [0.717, 1.165) is 25.7 Å². The Labute approximate surface area is 177 Å². The van der Waals surface area contributed by atoms with E-state index in [2.05, 4.69) is 16.0 Å². The number of halogens is 1. The van der Waals surface area contributed by atoms with E-state index in [-0.39, 0.29) is 18.5 Å². The average molecular weight is 423 g/mol. The van der Waals surface area contributed by atoms with Crippen molar-refractivity contribution in [1.82, 2.24) is 15.5 Å². The molecule has 7 nitrogen and oxygen atoms in total. The highest BCUT2D eigenvalue weighted by molar-refractivity contribution is 6.34. The standard InChI is InChI=1S/C21H31ClN4O3/c1-21(2,3)25-20(29)24-18(27)13-23-14-10-11-16(17(22)12-14)19(28)26(4)15-8-6-5-7-9-15/h10-12,15,23H,5-9,13H2,1-4H3,(H2,24,25,27,29). The highest BCUT2D eigenvalue weighted by atomic mass is 35.5. The molecule has 4 amide bonds. The van der Waals surface area contributed by atoms with Crippen LogP contribution in [0, 0.1) is 0 Å². The Morgan fingerprint density at radius 3 is 2.38 bits per heavy atom. The summed E-state index contributed by atoms with van der Waals surface area (Å²) in [4.78, 5) is 38.2. The fraction of sp³-hybridized carbons (Fsp3) is 0.571. The summed E-state index contributed by atoms with van der Waals surface area (Å²) in [5, 5.41) is 8.15. The van der Waals surface area contributed by atoms with Crippen LogP contribution in [-0.4, -0.2) is 47.9 Å². The van der Waals surface area contributed by atoms with Crippen LogP contribution in [0.3, 0.4) is 0 Å². The van der Waals surface area contributed by atoms with E-state index in [9.17, 15) is 14.4 Å². The van der Waals surface area contributed by atoms with Gasteiger partial charge in [-0.3, -0.25) is 14.9 Å². The maximum atomic E-state index is 12.8. The van der Waals surface area contributed by atoms with E-state index >= 15 is 0 Å². The number of imide groups is 1. The summed E-state index contributed by atoms with van der Waals surface area (Å²) in [6.07, 6.45) is 5.57. The lowest BCUT2D eigenvalue weighted by molar-refractivity contribution is -0.118. The number of nitrogens with one attached hydrogen (secondary N) is 3. The molecule has 1 aromatic carbocycles. The number of hydrogen-bond donors (Lipinski definition) is 3. The van der Waals surface area contributed by atoms with Gasteiger partial charge in [0.25, 0.3) is 5.91 Å². The smallest absolute Gasteiger partial charge is 0.321 e. The van der Waals surface area contributed by atoms with Crippen molar-refractivity contribution >= 4 is 35.1 Å². The zero-order chi connectivity index (χ0) is 21.6. The first kappa shape index (κ1) is 23.0. The number of anilines is 1. The monoisotopic (exact) mass is 422 g/mol. The normalized spacial score (nSPS) is 14.8. The van der Waals surface area contributed by atoms with E-state index < -0.39 is 17.5 Å². The van der Waals surface area contributed by atoms with Gasteiger partial charge >= 0.3 is 6.03 Å². The third-order valence-corrected chi connectivity index (χ3v) is 5.15. The van der Waals surface area contributed by atoms with Gasteiger partial charge in [0.1, 0.15) is 0 Å². The first-order chi connectivity index (χ1) is 13.6. The van der Waals surface area contributed by atoms with Gasteiger partial charge in [0.15, 0.2) is 0 Å². The lowest BCUT2D eigenvalue weighted by Crippen LogP contribution is -2.49. The Balaban J connectivity index is 1.91. The molecule has 160 valence electrons. The minimum absolute atomic E-state index is 0.0926. The molecule has 0 aromatic heterocycles. The number of carbonyl (C=O) groups excluding carboxylic acids is 3. The molecule has 8 heteroatoms. The lowest BCUT2D eigenvalue weighted by atomic mass is 9.94. The minimum Gasteiger partial charge on any atom is -0.376 e. The van der Waals surface area contributed by atoms with Crippen LogP contribution in [-0.2, 0) is 4.79 Å². The third kappa shape index (κ3) is 7.24. The average Bonchev–Trinajstić information content (AvgIpc) is 2.64. The number of rotatable bonds is 5. The first-order valence-corrected chi connectivity index (χ1v) is 10.4. The highest BCUT2D eigenvalue weighted by Gasteiger charge is 2.24. The number of hydrogen-bond acceptors (Lipinski definition) is 4. The van der Waals surface area contributed by atoms with Gasteiger partial charge in [-0.2, -0.15) is 0 Å². The van der Waals surface area contributed by atoms with Gasteiger partial charge in [0.05, 0.1) is 17.1 Å². The maximum Gasteiger partial charge on any atom is 0.321 e. The zero-order valence-electron chi connectivity index (χ0n) is 17.6. The van der Waals surface area contributed by atoms with Crippen molar-refractivity contribution in [2.45, 2.75) is 64.5 Å². The van der Waals surface area contributed by atoms with Gasteiger partial charge in [0.2, 0.25) is 5.91 Å². The van der Waals surface area contributed by atoms with Crippen molar-refractivity contribution in [3.05, 3.63) is 28.8 Å². The Morgan fingerprint density at radius 1 is 1.14 bits per heavy atom. The van der Waals surface area contributed by atoms with E-state index in [1.807, 2.05) is 27.8 Å². The molecule has 0 bridgehead atoms. The van der Waals surface area contributed by atoms with Crippen LogP contribution < -0.4 is 16.0 Å². The molecule has 1 aliphatic rings. The second-order valence-corrected chi connectivity index (χ2v) is 8.92. The Bertz CT molecular complexity index is 755. The van der Waals surface area contributed by atoms with Crippen LogP contribution in [0.5, 0.6) is 0 Å². The molecular formula is C21H31ClN4O3. The molecule has 1 saturated carbocycles. The van der Waals surface area contributed by atoms with E-state index in [1.165, 1.54) is 6.42 Å². The highest BCUT2D eigenvalue weighted by Crippen LogP contribution is 2.26. The van der Waals surface area contributed by atoms with E-state index in [0.29, 0.717) is 16.3 Å². The molecule has 0 spiro atoms. The fourth-order valence-corrected chi connectivity index (χ4v) is 3.61. The minimum atomic E-state index is -0.547. The SMILES string of the molecule is CN(C(=O)c1ccc(NCC(=O)NC(=O)NC(C)(C)C)cc1Cl)C1CCCCC1. The van der Waals surface area contributed by atoms with Crippen molar-refractivity contribution in [1.29, 1.82) is 0 Å². The topological polar surface area (TPSA) is 90.5 Å². The van der Waals surface area contributed by atoms with Gasteiger partial charge in [-0.1, -0.05) is 30.9 Å². The molecule has 0 saturated heterocycles. The molecule has 1 aliphatic carbocycles. The van der Waals surface area contributed by atoms with Gasteiger partial charge in [-0.05, 0) is 51.8 Å². The van der Waals surface area contributed by atoms with Crippen LogP contribution in [0.25, 0.3) is 0 Å². The summed E-state index contributed by atoms with van der Waals surface area (Å²) in [5.41, 5.74) is 0.607. The third-order valence-electron chi connectivity index (χ3n) is 4.84. The molecule has 1 fully saturated rings. The molecule has 0 radical (unpaired) electrons. The Morgan fingerprint density at radius 2 is 1.79 bits per heavy atom. The summed E-state index contributed by atoms with van der Waals surface area (Å²) in [7, 11) is 1.83. The van der Waals surface area contributed by atoms with Crippen LogP contribution in [0.2, 0.25) is 5.02 Å². The number of amides is 4. The van der Waals surface area contributed by atoms with Crippen LogP contribution >= 0.6 is 11.6 Å². The van der Waals surface area contributed by atoms with Gasteiger partial charge in [0, 0.05) is 24.3 Å². The van der Waals surface area contributed by atoms with Crippen molar-refractivity contribution in [3.63, 3.8) is 0 Å². The molecule has 0 atom stereocenters. The Hall–Kier alpha value is -2.28. The van der Waals surface area contributed by atoms with Gasteiger partial charge in [-0.25, -0.2) is 4.79 Å². The molecule has 0 aliphatic heterocycles. The summed E-state index contributed by atoms with van der Waals surface area (Å²) in [6.45, 7) is 5.38. The summed E-state index contributed by atoms with van der Waals surface area (Å²) in [6, 6.07) is 4.70. The van der Waals surface area contributed by atoms with Gasteiger partial charge in [-0.15, -0.1) is 0 Å². The summed E-state index contributed by atoms with van der Waals surface area (Å²) >= 11 is 6.33. The zero-order valence-corrected chi connectivity index (χ0v) is 18.4. The second kappa shape index (κ2) is 9.96. The van der Waals surface area contributed by atoms with Crippen molar-refractivity contribution in [2.75, 3.05) is 18.9 Å².